The SMILES string of the molecule is COCCOCCNc1cccc(Br)c1C. The molecule has 4 heteroatoms. The fourth-order valence-electron chi connectivity index (χ4n) is 1.30. The summed E-state index contributed by atoms with van der Waals surface area (Å²) in [7, 11) is 1.67. The van der Waals surface area contributed by atoms with Crippen molar-refractivity contribution in [3.8, 4) is 0 Å². The predicted molar refractivity (Wildman–Crippen MR) is 70.1 cm³/mol. The first-order valence-electron chi connectivity index (χ1n) is 5.31. The molecule has 0 heterocycles. The van der Waals surface area contributed by atoms with Crippen molar-refractivity contribution in [1.82, 2.24) is 0 Å². The van der Waals surface area contributed by atoms with Gasteiger partial charge in [-0.3, -0.25) is 0 Å². The highest BCUT2D eigenvalue weighted by atomic mass is 79.9. The third-order valence-electron chi connectivity index (χ3n) is 2.26. The van der Waals surface area contributed by atoms with E-state index in [4.69, 9.17) is 9.47 Å². The van der Waals surface area contributed by atoms with Gasteiger partial charge in [-0.15, -0.1) is 0 Å². The number of hydrogen-bond acceptors (Lipinski definition) is 3. The fourth-order valence-corrected chi connectivity index (χ4v) is 1.67. The Morgan fingerprint density at radius 1 is 1.25 bits per heavy atom. The van der Waals surface area contributed by atoms with Crippen LogP contribution in [0.1, 0.15) is 5.56 Å². The lowest BCUT2D eigenvalue weighted by atomic mass is 10.2. The number of rotatable bonds is 7. The molecule has 0 aliphatic carbocycles. The van der Waals surface area contributed by atoms with Gasteiger partial charge in [0.25, 0.3) is 0 Å². The number of anilines is 1. The van der Waals surface area contributed by atoms with Gasteiger partial charge in [-0.05, 0) is 24.6 Å². The highest BCUT2D eigenvalue weighted by Gasteiger charge is 2.00. The van der Waals surface area contributed by atoms with E-state index in [1.807, 2.05) is 12.1 Å². The normalized spacial score (nSPS) is 10.4. The highest BCUT2D eigenvalue weighted by Crippen LogP contribution is 2.22. The molecule has 0 radical (unpaired) electrons. The van der Waals surface area contributed by atoms with Crippen LogP contribution in [0.3, 0.4) is 0 Å². The van der Waals surface area contributed by atoms with Crippen LogP contribution in [-0.2, 0) is 9.47 Å². The van der Waals surface area contributed by atoms with E-state index in [1.54, 1.807) is 7.11 Å². The van der Waals surface area contributed by atoms with Crippen LogP contribution < -0.4 is 5.32 Å². The molecule has 1 rings (SSSR count). The maximum Gasteiger partial charge on any atom is 0.0701 e. The Morgan fingerprint density at radius 3 is 2.81 bits per heavy atom. The molecule has 0 aliphatic rings. The van der Waals surface area contributed by atoms with E-state index in [2.05, 4.69) is 34.2 Å². The van der Waals surface area contributed by atoms with Crippen molar-refractivity contribution in [3.63, 3.8) is 0 Å². The number of ether oxygens (including phenoxy) is 2. The smallest absolute Gasteiger partial charge is 0.0701 e. The molecule has 0 spiro atoms. The second-order valence-corrected chi connectivity index (χ2v) is 4.30. The first-order valence-corrected chi connectivity index (χ1v) is 6.10. The molecular weight excluding hydrogens is 270 g/mol. The zero-order valence-electron chi connectivity index (χ0n) is 9.75. The van der Waals surface area contributed by atoms with Crippen LogP contribution in [0.15, 0.2) is 22.7 Å². The van der Waals surface area contributed by atoms with Crippen molar-refractivity contribution >= 4 is 21.6 Å². The maximum absolute atomic E-state index is 5.37. The maximum atomic E-state index is 5.37. The number of nitrogens with one attached hydrogen (secondary N) is 1. The molecule has 0 unspecified atom stereocenters. The van der Waals surface area contributed by atoms with Gasteiger partial charge in [-0.25, -0.2) is 0 Å². The lowest BCUT2D eigenvalue weighted by Crippen LogP contribution is -2.12. The number of halogens is 1. The van der Waals surface area contributed by atoms with E-state index < -0.39 is 0 Å². The van der Waals surface area contributed by atoms with Gasteiger partial charge < -0.3 is 14.8 Å². The molecule has 0 saturated carbocycles. The summed E-state index contributed by atoms with van der Waals surface area (Å²) in [5, 5.41) is 3.33. The summed E-state index contributed by atoms with van der Waals surface area (Å²) in [6, 6.07) is 6.12. The molecule has 3 nitrogen and oxygen atoms in total. The first kappa shape index (κ1) is 13.5. The molecule has 0 bridgehead atoms. The van der Waals surface area contributed by atoms with Gasteiger partial charge in [0, 0.05) is 23.8 Å². The van der Waals surface area contributed by atoms with Gasteiger partial charge in [0.1, 0.15) is 0 Å². The van der Waals surface area contributed by atoms with E-state index in [0.29, 0.717) is 19.8 Å². The van der Waals surface area contributed by atoms with E-state index in [9.17, 15) is 0 Å². The lowest BCUT2D eigenvalue weighted by Gasteiger charge is -2.10. The minimum Gasteiger partial charge on any atom is -0.382 e. The van der Waals surface area contributed by atoms with Crippen LogP contribution in [0.4, 0.5) is 5.69 Å². The van der Waals surface area contributed by atoms with Gasteiger partial charge in [0.05, 0.1) is 19.8 Å². The molecule has 0 amide bonds. The summed E-state index contributed by atoms with van der Waals surface area (Å²) in [5.74, 6) is 0. The second kappa shape index (κ2) is 7.65. The Hall–Kier alpha value is -0.580. The number of hydrogen-bond donors (Lipinski definition) is 1. The highest BCUT2D eigenvalue weighted by molar-refractivity contribution is 9.10. The Morgan fingerprint density at radius 2 is 2.06 bits per heavy atom. The molecule has 90 valence electrons. The van der Waals surface area contributed by atoms with Gasteiger partial charge in [0.15, 0.2) is 0 Å². The molecule has 1 aromatic carbocycles. The molecule has 16 heavy (non-hydrogen) atoms. The van der Waals surface area contributed by atoms with Crippen molar-refractivity contribution in [2.24, 2.45) is 0 Å². The molecule has 0 aliphatic heterocycles. The number of benzene rings is 1. The molecule has 1 N–H and O–H groups in total. The molecule has 0 fully saturated rings. The summed E-state index contributed by atoms with van der Waals surface area (Å²) in [4.78, 5) is 0. The zero-order chi connectivity index (χ0) is 11.8. The van der Waals surface area contributed by atoms with Crippen LogP contribution in [0, 0.1) is 6.92 Å². The first-order chi connectivity index (χ1) is 7.75. The van der Waals surface area contributed by atoms with Crippen LogP contribution in [0.2, 0.25) is 0 Å². The minimum absolute atomic E-state index is 0.648. The van der Waals surface area contributed by atoms with Gasteiger partial charge in [-0.1, -0.05) is 22.0 Å². The molecule has 1 aromatic rings. The van der Waals surface area contributed by atoms with Crippen molar-refractivity contribution in [3.05, 3.63) is 28.2 Å². The summed E-state index contributed by atoms with van der Waals surface area (Å²) >= 11 is 3.50. The van der Waals surface area contributed by atoms with Crippen LogP contribution in [0.25, 0.3) is 0 Å². The predicted octanol–water partition coefficient (Wildman–Crippen LogP) is 2.83. The Kier molecular flexibility index (Phi) is 6.45. The van der Waals surface area contributed by atoms with Crippen molar-refractivity contribution in [2.75, 3.05) is 38.8 Å². The van der Waals surface area contributed by atoms with Crippen LogP contribution >= 0.6 is 15.9 Å². The summed E-state index contributed by atoms with van der Waals surface area (Å²) < 4.78 is 11.4. The fraction of sp³-hybridized carbons (Fsp3) is 0.500. The van der Waals surface area contributed by atoms with Gasteiger partial charge >= 0.3 is 0 Å². The minimum atomic E-state index is 0.648. The average Bonchev–Trinajstić information content (AvgIpc) is 2.29. The lowest BCUT2D eigenvalue weighted by molar-refractivity contribution is 0.0759. The zero-order valence-corrected chi connectivity index (χ0v) is 11.3. The van der Waals surface area contributed by atoms with Crippen molar-refractivity contribution in [2.45, 2.75) is 6.92 Å². The summed E-state index contributed by atoms with van der Waals surface area (Å²) in [5.41, 5.74) is 2.36. The van der Waals surface area contributed by atoms with Gasteiger partial charge in [0.2, 0.25) is 0 Å². The molecule has 0 atom stereocenters. The van der Waals surface area contributed by atoms with Crippen LogP contribution in [0.5, 0.6) is 0 Å². The van der Waals surface area contributed by atoms with Gasteiger partial charge in [-0.2, -0.15) is 0 Å². The Bertz CT molecular complexity index is 318. The summed E-state index contributed by atoms with van der Waals surface area (Å²) in [6.07, 6.45) is 0. The Labute approximate surface area is 105 Å². The van der Waals surface area contributed by atoms with E-state index in [0.717, 1.165) is 16.7 Å². The molecule has 0 saturated heterocycles. The molecular formula is C12H18BrNO2. The molecule has 0 aromatic heterocycles. The van der Waals surface area contributed by atoms with Crippen LogP contribution in [-0.4, -0.2) is 33.5 Å². The third kappa shape index (κ3) is 4.51. The van der Waals surface area contributed by atoms with E-state index >= 15 is 0 Å². The largest absolute Gasteiger partial charge is 0.382 e. The topological polar surface area (TPSA) is 30.5 Å². The third-order valence-corrected chi connectivity index (χ3v) is 3.12. The Balaban J connectivity index is 2.24. The van der Waals surface area contributed by atoms with Crippen molar-refractivity contribution < 1.29 is 9.47 Å². The second-order valence-electron chi connectivity index (χ2n) is 3.44. The summed E-state index contributed by atoms with van der Waals surface area (Å²) in [6.45, 7) is 4.88. The average molecular weight is 288 g/mol. The van der Waals surface area contributed by atoms with E-state index in [1.165, 1.54) is 5.56 Å². The van der Waals surface area contributed by atoms with E-state index in [-0.39, 0.29) is 0 Å². The quantitative estimate of drug-likeness (QED) is 0.783. The monoisotopic (exact) mass is 287 g/mol. The standard InChI is InChI=1S/C12H18BrNO2/c1-10-11(13)4-3-5-12(10)14-6-7-16-9-8-15-2/h3-5,14H,6-9H2,1-2H3. The van der Waals surface area contributed by atoms with Crippen molar-refractivity contribution in [1.29, 1.82) is 0 Å². The number of methoxy groups -OCH3 is 1.